The van der Waals surface area contributed by atoms with Gasteiger partial charge in [-0.05, 0) is 32.4 Å². The van der Waals surface area contributed by atoms with E-state index in [4.69, 9.17) is 10.5 Å². The second-order valence-corrected chi connectivity index (χ2v) is 4.51. The van der Waals surface area contributed by atoms with Crippen LogP contribution in [0.15, 0.2) is 0 Å². The first-order valence-corrected chi connectivity index (χ1v) is 5.95. The Kier molecular flexibility index (Phi) is 3.79. The van der Waals surface area contributed by atoms with Crippen LogP contribution in [-0.4, -0.2) is 43.3 Å². The highest BCUT2D eigenvalue weighted by molar-refractivity contribution is 4.85. The Hall–Kier alpha value is -0.120. The quantitative estimate of drug-likeness (QED) is 0.734. The van der Waals surface area contributed by atoms with E-state index in [1.165, 1.54) is 32.2 Å². The van der Waals surface area contributed by atoms with Gasteiger partial charge in [-0.25, -0.2) is 0 Å². The summed E-state index contributed by atoms with van der Waals surface area (Å²) >= 11 is 0. The molecule has 3 nitrogen and oxygen atoms in total. The number of likely N-dealkylation sites (tertiary alicyclic amines) is 1. The second-order valence-electron chi connectivity index (χ2n) is 4.51. The number of nitrogens with zero attached hydrogens (tertiary/aromatic N) is 1. The van der Waals surface area contributed by atoms with E-state index in [1.807, 2.05) is 0 Å². The van der Waals surface area contributed by atoms with Gasteiger partial charge in [0.1, 0.15) is 0 Å². The third-order valence-corrected chi connectivity index (χ3v) is 3.51. The lowest BCUT2D eigenvalue weighted by Gasteiger charge is -2.41. The molecule has 14 heavy (non-hydrogen) atoms. The van der Waals surface area contributed by atoms with Gasteiger partial charge in [0.2, 0.25) is 0 Å². The van der Waals surface area contributed by atoms with E-state index < -0.39 is 0 Å². The zero-order chi connectivity index (χ0) is 9.80. The summed E-state index contributed by atoms with van der Waals surface area (Å²) in [7, 11) is 0. The summed E-state index contributed by atoms with van der Waals surface area (Å²) < 4.78 is 5.28. The molecule has 2 heterocycles. The maximum absolute atomic E-state index is 5.67. The minimum Gasteiger partial charge on any atom is -0.378 e. The van der Waals surface area contributed by atoms with Crippen molar-refractivity contribution in [3.05, 3.63) is 0 Å². The van der Waals surface area contributed by atoms with Gasteiger partial charge in [0, 0.05) is 6.04 Å². The van der Waals surface area contributed by atoms with Crippen molar-refractivity contribution in [3.63, 3.8) is 0 Å². The highest BCUT2D eigenvalue weighted by atomic mass is 16.5. The molecule has 0 saturated carbocycles. The molecule has 0 spiro atoms. The van der Waals surface area contributed by atoms with Crippen LogP contribution in [0.1, 0.15) is 32.1 Å². The average molecular weight is 198 g/mol. The molecular formula is C11H22N2O. The third kappa shape index (κ3) is 2.27. The summed E-state index contributed by atoms with van der Waals surface area (Å²) in [6.07, 6.45) is 6.64. The largest absolute Gasteiger partial charge is 0.378 e. The lowest BCUT2D eigenvalue weighted by Crippen LogP contribution is -2.53. The van der Waals surface area contributed by atoms with E-state index in [0.29, 0.717) is 6.04 Å². The Morgan fingerprint density at radius 2 is 2.07 bits per heavy atom. The SMILES string of the molecule is NCCC1CCCCCN1C1COC1. The third-order valence-electron chi connectivity index (χ3n) is 3.51. The highest BCUT2D eigenvalue weighted by Crippen LogP contribution is 2.24. The number of hydrogen-bond acceptors (Lipinski definition) is 3. The number of nitrogens with two attached hydrogens (primary N) is 1. The molecule has 0 bridgehead atoms. The predicted molar refractivity (Wildman–Crippen MR) is 57.2 cm³/mol. The van der Waals surface area contributed by atoms with Gasteiger partial charge in [-0.3, -0.25) is 4.90 Å². The van der Waals surface area contributed by atoms with E-state index in [2.05, 4.69) is 4.90 Å². The number of hydrogen-bond donors (Lipinski definition) is 1. The van der Waals surface area contributed by atoms with Crippen molar-refractivity contribution in [2.75, 3.05) is 26.3 Å². The maximum atomic E-state index is 5.67. The van der Waals surface area contributed by atoms with Crippen molar-refractivity contribution in [2.24, 2.45) is 5.73 Å². The van der Waals surface area contributed by atoms with Crippen molar-refractivity contribution in [1.82, 2.24) is 4.90 Å². The topological polar surface area (TPSA) is 38.5 Å². The first-order chi connectivity index (χ1) is 6.92. The van der Waals surface area contributed by atoms with Crippen LogP contribution in [0.2, 0.25) is 0 Å². The molecule has 0 aliphatic carbocycles. The van der Waals surface area contributed by atoms with Crippen LogP contribution in [0.4, 0.5) is 0 Å². The normalized spacial score (nSPS) is 31.1. The number of rotatable bonds is 3. The lowest BCUT2D eigenvalue weighted by atomic mass is 10.0. The van der Waals surface area contributed by atoms with Crippen LogP contribution in [0.5, 0.6) is 0 Å². The molecule has 0 aromatic heterocycles. The summed E-state index contributed by atoms with van der Waals surface area (Å²) in [4.78, 5) is 2.66. The van der Waals surface area contributed by atoms with Crippen LogP contribution >= 0.6 is 0 Å². The first kappa shape index (κ1) is 10.4. The Morgan fingerprint density at radius 1 is 1.21 bits per heavy atom. The molecule has 0 amide bonds. The fourth-order valence-electron chi connectivity index (χ4n) is 2.60. The van der Waals surface area contributed by atoms with Crippen LogP contribution in [0.3, 0.4) is 0 Å². The van der Waals surface area contributed by atoms with Crippen molar-refractivity contribution in [1.29, 1.82) is 0 Å². The molecule has 1 atom stereocenters. The van der Waals surface area contributed by atoms with Gasteiger partial charge in [0.25, 0.3) is 0 Å². The van der Waals surface area contributed by atoms with Crippen LogP contribution in [0, 0.1) is 0 Å². The molecule has 2 fully saturated rings. The van der Waals surface area contributed by atoms with Gasteiger partial charge in [-0.1, -0.05) is 12.8 Å². The lowest BCUT2D eigenvalue weighted by molar-refractivity contribution is -0.0791. The van der Waals surface area contributed by atoms with E-state index in [1.54, 1.807) is 0 Å². The average Bonchev–Trinajstić information content (AvgIpc) is 2.30. The van der Waals surface area contributed by atoms with Crippen molar-refractivity contribution in [2.45, 2.75) is 44.2 Å². The van der Waals surface area contributed by atoms with Gasteiger partial charge < -0.3 is 10.5 Å². The Morgan fingerprint density at radius 3 is 2.71 bits per heavy atom. The molecule has 0 aromatic rings. The number of ether oxygens (including phenoxy) is 1. The minimum atomic E-state index is 0.699. The Bertz CT molecular complexity index is 171. The molecule has 0 aromatic carbocycles. The second kappa shape index (κ2) is 5.10. The van der Waals surface area contributed by atoms with E-state index in [0.717, 1.165) is 32.2 Å². The Balaban J connectivity index is 1.91. The van der Waals surface area contributed by atoms with Crippen LogP contribution in [-0.2, 0) is 4.74 Å². The molecule has 82 valence electrons. The molecule has 2 aliphatic heterocycles. The molecule has 2 aliphatic rings. The zero-order valence-corrected chi connectivity index (χ0v) is 8.95. The molecule has 2 rings (SSSR count). The van der Waals surface area contributed by atoms with E-state index >= 15 is 0 Å². The molecule has 0 radical (unpaired) electrons. The predicted octanol–water partition coefficient (Wildman–Crippen LogP) is 0.979. The van der Waals surface area contributed by atoms with Crippen molar-refractivity contribution < 1.29 is 4.74 Å². The summed E-state index contributed by atoms with van der Waals surface area (Å²) in [6, 6.07) is 1.43. The smallest absolute Gasteiger partial charge is 0.0645 e. The summed E-state index contributed by atoms with van der Waals surface area (Å²) in [5.41, 5.74) is 5.67. The monoisotopic (exact) mass is 198 g/mol. The van der Waals surface area contributed by atoms with Crippen molar-refractivity contribution >= 4 is 0 Å². The molecule has 2 saturated heterocycles. The van der Waals surface area contributed by atoms with Gasteiger partial charge in [-0.15, -0.1) is 0 Å². The van der Waals surface area contributed by atoms with Crippen LogP contribution in [0.25, 0.3) is 0 Å². The molecule has 3 heteroatoms. The maximum Gasteiger partial charge on any atom is 0.0645 e. The van der Waals surface area contributed by atoms with E-state index in [-0.39, 0.29) is 0 Å². The zero-order valence-electron chi connectivity index (χ0n) is 8.95. The first-order valence-electron chi connectivity index (χ1n) is 5.95. The summed E-state index contributed by atoms with van der Waals surface area (Å²) in [6.45, 7) is 3.98. The fourth-order valence-corrected chi connectivity index (χ4v) is 2.60. The molecular weight excluding hydrogens is 176 g/mol. The van der Waals surface area contributed by atoms with Gasteiger partial charge in [0.05, 0.1) is 19.3 Å². The summed E-state index contributed by atoms with van der Waals surface area (Å²) in [5.74, 6) is 0. The highest BCUT2D eigenvalue weighted by Gasteiger charge is 2.31. The Labute approximate surface area is 86.6 Å². The fraction of sp³-hybridized carbons (Fsp3) is 1.00. The van der Waals surface area contributed by atoms with Crippen LogP contribution < -0.4 is 5.73 Å². The van der Waals surface area contributed by atoms with Gasteiger partial charge in [-0.2, -0.15) is 0 Å². The minimum absolute atomic E-state index is 0.699. The van der Waals surface area contributed by atoms with E-state index in [9.17, 15) is 0 Å². The van der Waals surface area contributed by atoms with Gasteiger partial charge in [0.15, 0.2) is 0 Å². The van der Waals surface area contributed by atoms with Gasteiger partial charge >= 0.3 is 0 Å². The standard InChI is InChI=1S/C11H22N2O/c12-6-5-10-4-2-1-3-7-13(10)11-8-14-9-11/h10-11H,1-9,12H2. The molecule has 1 unspecified atom stereocenters. The molecule has 2 N–H and O–H groups in total. The van der Waals surface area contributed by atoms with Crippen molar-refractivity contribution in [3.8, 4) is 0 Å². The summed E-state index contributed by atoms with van der Waals surface area (Å²) in [5, 5.41) is 0.